The Morgan fingerprint density at radius 3 is 2.58 bits per heavy atom. The monoisotopic (exact) mass is 323 g/mol. The van der Waals surface area contributed by atoms with Crippen molar-refractivity contribution >= 4 is 15.9 Å². The van der Waals surface area contributed by atoms with Crippen LogP contribution in [0, 0.1) is 5.82 Å². The molecule has 2 rings (SSSR count). The highest BCUT2D eigenvalue weighted by Gasteiger charge is 2.06. The molecule has 0 radical (unpaired) electrons. The molecule has 2 aromatic carbocycles. The van der Waals surface area contributed by atoms with Gasteiger partial charge in [-0.3, -0.25) is 0 Å². The van der Waals surface area contributed by atoms with Crippen LogP contribution in [-0.4, -0.2) is 11.7 Å². The molecule has 1 unspecified atom stereocenters. The van der Waals surface area contributed by atoms with Crippen LogP contribution in [0.5, 0.6) is 0 Å². The van der Waals surface area contributed by atoms with E-state index in [0.29, 0.717) is 17.6 Å². The summed E-state index contributed by atoms with van der Waals surface area (Å²) in [5, 5.41) is 13.1. The van der Waals surface area contributed by atoms with Gasteiger partial charge in [-0.15, -0.1) is 0 Å². The first-order valence-corrected chi connectivity index (χ1v) is 6.83. The largest absolute Gasteiger partial charge is 0.387 e. The molecule has 0 aliphatic rings. The highest BCUT2D eigenvalue weighted by atomic mass is 79.9. The molecule has 0 amide bonds. The maximum Gasteiger partial charge on any atom is 0.124 e. The van der Waals surface area contributed by atoms with Crippen LogP contribution >= 0.6 is 15.9 Å². The van der Waals surface area contributed by atoms with Gasteiger partial charge in [0.25, 0.3) is 0 Å². The summed E-state index contributed by atoms with van der Waals surface area (Å²) in [6.07, 6.45) is -0.557. The second-order valence-corrected chi connectivity index (χ2v) is 5.25. The lowest BCUT2D eigenvalue weighted by Gasteiger charge is -2.12. The van der Waals surface area contributed by atoms with Gasteiger partial charge in [-0.05, 0) is 29.3 Å². The Kier molecular flexibility index (Phi) is 5.07. The van der Waals surface area contributed by atoms with E-state index in [1.807, 2.05) is 36.4 Å². The average Bonchev–Trinajstić information content (AvgIpc) is 2.38. The van der Waals surface area contributed by atoms with Gasteiger partial charge in [-0.25, -0.2) is 4.39 Å². The zero-order valence-electron chi connectivity index (χ0n) is 10.3. The maximum absolute atomic E-state index is 13.2. The first-order chi connectivity index (χ1) is 9.15. The van der Waals surface area contributed by atoms with Gasteiger partial charge in [0.1, 0.15) is 5.82 Å². The molecule has 0 saturated carbocycles. The second-order valence-electron chi connectivity index (χ2n) is 4.34. The normalized spacial score (nSPS) is 12.4. The van der Waals surface area contributed by atoms with Gasteiger partial charge >= 0.3 is 0 Å². The van der Waals surface area contributed by atoms with E-state index in [0.717, 1.165) is 11.1 Å². The average molecular weight is 324 g/mol. The van der Waals surface area contributed by atoms with E-state index in [1.54, 1.807) is 0 Å². The summed E-state index contributed by atoms with van der Waals surface area (Å²) in [6.45, 7) is 0.943. The van der Waals surface area contributed by atoms with Gasteiger partial charge in [0, 0.05) is 17.6 Å². The van der Waals surface area contributed by atoms with E-state index in [4.69, 9.17) is 0 Å². The van der Waals surface area contributed by atoms with Crippen molar-refractivity contribution in [3.63, 3.8) is 0 Å². The Morgan fingerprint density at radius 1 is 1.16 bits per heavy atom. The number of hydrogen-bond acceptors (Lipinski definition) is 2. The molecule has 0 aliphatic carbocycles. The molecule has 1 atom stereocenters. The maximum atomic E-state index is 13.2. The lowest BCUT2D eigenvalue weighted by atomic mass is 10.1. The van der Waals surface area contributed by atoms with Crippen LogP contribution in [0.2, 0.25) is 0 Å². The second kappa shape index (κ2) is 6.80. The predicted octanol–water partition coefficient (Wildman–Crippen LogP) is 3.41. The molecule has 0 bridgehead atoms. The van der Waals surface area contributed by atoms with Gasteiger partial charge in [0.15, 0.2) is 0 Å². The van der Waals surface area contributed by atoms with E-state index in [-0.39, 0.29) is 5.82 Å². The zero-order valence-corrected chi connectivity index (χ0v) is 11.9. The minimum atomic E-state index is -0.557. The number of benzene rings is 2. The van der Waals surface area contributed by atoms with Gasteiger partial charge in [0.2, 0.25) is 0 Å². The zero-order chi connectivity index (χ0) is 13.7. The topological polar surface area (TPSA) is 32.3 Å². The molecule has 2 N–H and O–H groups in total. The highest BCUT2D eigenvalue weighted by molar-refractivity contribution is 9.10. The third-order valence-corrected chi connectivity index (χ3v) is 3.23. The number of rotatable bonds is 5. The number of halogens is 2. The van der Waals surface area contributed by atoms with E-state index in [9.17, 15) is 9.50 Å². The summed E-state index contributed by atoms with van der Waals surface area (Å²) in [7, 11) is 0. The standard InChI is InChI=1S/C15H15BrFNO/c16-13-6-11(7-14(17)8-13)9-18-10-15(19)12-4-2-1-3-5-12/h1-8,15,18-19H,9-10H2. The van der Waals surface area contributed by atoms with Crippen LogP contribution in [0.15, 0.2) is 53.0 Å². The summed E-state index contributed by atoms with van der Waals surface area (Å²) in [6, 6.07) is 14.2. The van der Waals surface area contributed by atoms with E-state index < -0.39 is 6.10 Å². The summed E-state index contributed by atoms with van der Waals surface area (Å²) >= 11 is 3.25. The Hall–Kier alpha value is -1.23. The lowest BCUT2D eigenvalue weighted by Crippen LogP contribution is -2.21. The summed E-state index contributed by atoms with van der Waals surface area (Å²) in [5.74, 6) is -0.269. The van der Waals surface area contributed by atoms with Crippen LogP contribution in [0.1, 0.15) is 17.2 Å². The number of aliphatic hydroxyl groups is 1. The minimum Gasteiger partial charge on any atom is -0.387 e. The molecule has 0 fully saturated rings. The van der Waals surface area contributed by atoms with Crippen LogP contribution in [0.4, 0.5) is 4.39 Å². The van der Waals surface area contributed by atoms with Gasteiger partial charge in [0.05, 0.1) is 6.10 Å². The molecular weight excluding hydrogens is 309 g/mol. The van der Waals surface area contributed by atoms with E-state index in [1.165, 1.54) is 12.1 Å². The Balaban J connectivity index is 1.86. The fourth-order valence-corrected chi connectivity index (χ4v) is 2.37. The van der Waals surface area contributed by atoms with Crippen LogP contribution in [0.25, 0.3) is 0 Å². The molecule has 2 aromatic rings. The van der Waals surface area contributed by atoms with Crippen molar-refractivity contribution in [3.05, 3.63) is 69.9 Å². The molecule has 100 valence electrons. The Morgan fingerprint density at radius 2 is 1.89 bits per heavy atom. The van der Waals surface area contributed by atoms with Crippen LogP contribution in [0.3, 0.4) is 0 Å². The van der Waals surface area contributed by atoms with Gasteiger partial charge in [-0.2, -0.15) is 0 Å². The lowest BCUT2D eigenvalue weighted by molar-refractivity contribution is 0.174. The van der Waals surface area contributed by atoms with Crippen molar-refractivity contribution < 1.29 is 9.50 Å². The number of aliphatic hydroxyl groups excluding tert-OH is 1. The molecule has 19 heavy (non-hydrogen) atoms. The van der Waals surface area contributed by atoms with Gasteiger partial charge in [-0.1, -0.05) is 46.3 Å². The Bertz CT molecular complexity index is 513. The molecule has 0 aromatic heterocycles. The molecule has 0 heterocycles. The van der Waals surface area contributed by atoms with E-state index >= 15 is 0 Å². The SMILES string of the molecule is OC(CNCc1cc(F)cc(Br)c1)c1ccccc1. The van der Waals surface area contributed by atoms with Crippen molar-refractivity contribution in [2.75, 3.05) is 6.54 Å². The molecule has 0 aliphatic heterocycles. The fourth-order valence-electron chi connectivity index (χ4n) is 1.86. The molecule has 0 spiro atoms. The first kappa shape index (κ1) is 14.2. The molecule has 0 saturated heterocycles. The molecule has 2 nitrogen and oxygen atoms in total. The van der Waals surface area contributed by atoms with Crippen molar-refractivity contribution in [2.24, 2.45) is 0 Å². The fraction of sp³-hybridized carbons (Fsp3) is 0.200. The van der Waals surface area contributed by atoms with Crippen molar-refractivity contribution in [1.82, 2.24) is 5.32 Å². The third-order valence-electron chi connectivity index (χ3n) is 2.77. The summed E-state index contributed by atoms with van der Waals surface area (Å²) in [4.78, 5) is 0. The highest BCUT2D eigenvalue weighted by Crippen LogP contribution is 2.15. The smallest absolute Gasteiger partial charge is 0.124 e. The number of hydrogen-bond donors (Lipinski definition) is 2. The third kappa shape index (κ3) is 4.42. The van der Waals surface area contributed by atoms with Crippen LogP contribution in [-0.2, 0) is 6.54 Å². The van der Waals surface area contributed by atoms with E-state index in [2.05, 4.69) is 21.2 Å². The predicted molar refractivity (Wildman–Crippen MR) is 77.2 cm³/mol. The van der Waals surface area contributed by atoms with Crippen LogP contribution < -0.4 is 5.32 Å². The quantitative estimate of drug-likeness (QED) is 0.883. The summed E-state index contributed by atoms with van der Waals surface area (Å²) in [5.41, 5.74) is 1.71. The Labute approximate surface area is 120 Å². The number of nitrogens with one attached hydrogen (secondary N) is 1. The summed E-state index contributed by atoms with van der Waals surface area (Å²) < 4.78 is 13.9. The first-order valence-electron chi connectivity index (χ1n) is 6.04. The van der Waals surface area contributed by atoms with Crippen molar-refractivity contribution in [2.45, 2.75) is 12.6 Å². The molecular formula is C15H15BrFNO. The van der Waals surface area contributed by atoms with Crippen molar-refractivity contribution in [1.29, 1.82) is 0 Å². The van der Waals surface area contributed by atoms with Crippen molar-refractivity contribution in [3.8, 4) is 0 Å². The molecule has 4 heteroatoms. The minimum absolute atomic E-state index is 0.269. The van der Waals surface area contributed by atoms with Gasteiger partial charge < -0.3 is 10.4 Å².